The first kappa shape index (κ1) is 17.4. The molecule has 22 heavy (non-hydrogen) atoms. The summed E-state index contributed by atoms with van der Waals surface area (Å²) in [6.07, 6.45) is 6.93. The molecule has 0 aliphatic carbocycles. The van der Waals surface area contributed by atoms with Crippen molar-refractivity contribution in [2.75, 3.05) is 26.2 Å². The van der Waals surface area contributed by atoms with Crippen LogP contribution in [-0.4, -0.2) is 48.0 Å². The number of rotatable bonds is 8. The summed E-state index contributed by atoms with van der Waals surface area (Å²) in [5.74, 6) is -0.0640. The van der Waals surface area contributed by atoms with E-state index < -0.39 is 0 Å². The van der Waals surface area contributed by atoms with Gasteiger partial charge < -0.3 is 16.0 Å². The van der Waals surface area contributed by atoms with Gasteiger partial charge in [0.25, 0.3) is 5.91 Å². The van der Waals surface area contributed by atoms with E-state index in [4.69, 9.17) is 5.73 Å². The van der Waals surface area contributed by atoms with Crippen molar-refractivity contribution in [2.24, 2.45) is 5.73 Å². The zero-order valence-electron chi connectivity index (χ0n) is 13.5. The van der Waals surface area contributed by atoms with Gasteiger partial charge in [0.15, 0.2) is 0 Å². The topological polar surface area (TPSA) is 71.2 Å². The monoisotopic (exact) mass is 324 g/mol. The number of carbonyl (C=O) groups excluding carboxylic acids is 1. The minimum absolute atomic E-state index is 0.0640. The highest BCUT2D eigenvalue weighted by molar-refractivity contribution is 7.09. The van der Waals surface area contributed by atoms with E-state index in [2.05, 4.69) is 22.1 Å². The van der Waals surface area contributed by atoms with Crippen LogP contribution in [0.1, 0.15) is 54.5 Å². The lowest BCUT2D eigenvalue weighted by atomic mass is 10.0. The Morgan fingerprint density at radius 3 is 3.14 bits per heavy atom. The largest absolute Gasteiger partial charge is 0.351 e. The number of aromatic nitrogens is 1. The quantitative estimate of drug-likeness (QED) is 0.718. The van der Waals surface area contributed by atoms with E-state index >= 15 is 0 Å². The molecule has 2 heterocycles. The predicted octanol–water partition coefficient (Wildman–Crippen LogP) is 2.03. The third kappa shape index (κ3) is 5.34. The summed E-state index contributed by atoms with van der Waals surface area (Å²) in [5.41, 5.74) is 6.02. The second kappa shape index (κ2) is 9.22. The molecule has 0 spiro atoms. The van der Waals surface area contributed by atoms with E-state index in [1.54, 1.807) is 0 Å². The average Bonchev–Trinajstić information content (AvgIpc) is 2.98. The molecule has 1 atom stereocenters. The predicted molar refractivity (Wildman–Crippen MR) is 91.3 cm³/mol. The lowest BCUT2D eigenvalue weighted by Gasteiger charge is -2.33. The SMILES string of the molecule is CC1CCCCN1CCCCNC(=O)c1csc(CCN)n1. The van der Waals surface area contributed by atoms with Crippen molar-refractivity contribution in [3.8, 4) is 0 Å². The highest BCUT2D eigenvalue weighted by Gasteiger charge is 2.17. The molecule has 3 N–H and O–H groups in total. The maximum Gasteiger partial charge on any atom is 0.270 e. The summed E-state index contributed by atoms with van der Waals surface area (Å²) in [4.78, 5) is 18.8. The minimum Gasteiger partial charge on any atom is -0.351 e. The molecule has 2 rings (SSSR count). The van der Waals surface area contributed by atoms with Crippen LogP contribution in [0.25, 0.3) is 0 Å². The molecule has 1 fully saturated rings. The zero-order chi connectivity index (χ0) is 15.8. The van der Waals surface area contributed by atoms with Crippen LogP contribution in [0, 0.1) is 0 Å². The Labute approximate surface area is 137 Å². The van der Waals surface area contributed by atoms with Crippen molar-refractivity contribution in [1.29, 1.82) is 0 Å². The normalized spacial score (nSPS) is 19.3. The molecule has 5 nitrogen and oxygen atoms in total. The second-order valence-corrected chi connectivity index (χ2v) is 6.95. The van der Waals surface area contributed by atoms with Crippen molar-refractivity contribution in [1.82, 2.24) is 15.2 Å². The Kier molecular flexibility index (Phi) is 7.29. The number of hydrogen-bond acceptors (Lipinski definition) is 5. The van der Waals surface area contributed by atoms with Gasteiger partial charge in [-0.05, 0) is 52.2 Å². The van der Waals surface area contributed by atoms with Gasteiger partial charge in [-0.3, -0.25) is 4.79 Å². The van der Waals surface area contributed by atoms with Gasteiger partial charge in [0.05, 0.1) is 5.01 Å². The van der Waals surface area contributed by atoms with E-state index in [1.807, 2.05) is 5.38 Å². The van der Waals surface area contributed by atoms with E-state index in [-0.39, 0.29) is 5.91 Å². The van der Waals surface area contributed by atoms with Gasteiger partial charge in [0.1, 0.15) is 5.69 Å². The number of unbranched alkanes of at least 4 members (excludes halogenated alkanes) is 1. The van der Waals surface area contributed by atoms with Crippen molar-refractivity contribution in [2.45, 2.75) is 51.5 Å². The van der Waals surface area contributed by atoms with Gasteiger partial charge >= 0.3 is 0 Å². The van der Waals surface area contributed by atoms with E-state index in [0.29, 0.717) is 12.2 Å². The van der Waals surface area contributed by atoms with E-state index in [1.165, 1.54) is 37.1 Å². The third-order valence-electron chi connectivity index (χ3n) is 4.24. The summed E-state index contributed by atoms with van der Waals surface area (Å²) >= 11 is 1.51. The molecule has 0 saturated carbocycles. The molecular weight excluding hydrogens is 296 g/mol. The van der Waals surface area contributed by atoms with Crippen LogP contribution in [0.4, 0.5) is 0 Å². The van der Waals surface area contributed by atoms with Crippen LogP contribution in [0.5, 0.6) is 0 Å². The molecular formula is C16H28N4OS. The highest BCUT2D eigenvalue weighted by atomic mass is 32.1. The number of nitrogens with two attached hydrogens (primary N) is 1. The van der Waals surface area contributed by atoms with Crippen LogP contribution in [0.3, 0.4) is 0 Å². The minimum atomic E-state index is -0.0640. The Bertz CT molecular complexity index is 463. The maximum atomic E-state index is 12.0. The highest BCUT2D eigenvalue weighted by Crippen LogP contribution is 2.16. The van der Waals surface area contributed by atoms with Gasteiger partial charge in [0, 0.05) is 24.4 Å². The first-order valence-corrected chi connectivity index (χ1v) is 9.25. The van der Waals surface area contributed by atoms with Crippen molar-refractivity contribution in [3.63, 3.8) is 0 Å². The van der Waals surface area contributed by atoms with Gasteiger partial charge in [-0.2, -0.15) is 0 Å². The van der Waals surface area contributed by atoms with E-state index in [9.17, 15) is 4.79 Å². The molecule has 1 aliphatic heterocycles. The van der Waals surface area contributed by atoms with Crippen LogP contribution < -0.4 is 11.1 Å². The van der Waals surface area contributed by atoms with Crippen molar-refractivity contribution >= 4 is 17.2 Å². The Morgan fingerprint density at radius 2 is 2.36 bits per heavy atom. The number of thiazole rings is 1. The average molecular weight is 324 g/mol. The summed E-state index contributed by atoms with van der Waals surface area (Å²) in [7, 11) is 0. The molecule has 1 aliphatic rings. The molecule has 124 valence electrons. The number of amides is 1. The summed E-state index contributed by atoms with van der Waals surface area (Å²) < 4.78 is 0. The third-order valence-corrected chi connectivity index (χ3v) is 5.15. The summed E-state index contributed by atoms with van der Waals surface area (Å²) in [6, 6.07) is 0.722. The van der Waals surface area contributed by atoms with Crippen molar-refractivity contribution < 1.29 is 4.79 Å². The van der Waals surface area contributed by atoms with Gasteiger partial charge in [-0.1, -0.05) is 6.42 Å². The molecule has 6 heteroatoms. The first-order chi connectivity index (χ1) is 10.7. The zero-order valence-corrected chi connectivity index (χ0v) is 14.3. The molecule has 1 aromatic heterocycles. The Balaban J connectivity index is 1.60. The molecule has 0 radical (unpaired) electrons. The van der Waals surface area contributed by atoms with Crippen LogP contribution in [0.2, 0.25) is 0 Å². The van der Waals surface area contributed by atoms with Crippen LogP contribution in [0.15, 0.2) is 5.38 Å². The fraction of sp³-hybridized carbons (Fsp3) is 0.750. The number of carbonyl (C=O) groups is 1. The number of piperidine rings is 1. The fourth-order valence-electron chi connectivity index (χ4n) is 2.88. The lowest BCUT2D eigenvalue weighted by Crippen LogP contribution is -2.38. The van der Waals surface area contributed by atoms with Gasteiger partial charge in [0.2, 0.25) is 0 Å². The molecule has 0 bridgehead atoms. The number of nitrogens with zero attached hydrogens (tertiary/aromatic N) is 2. The fourth-order valence-corrected chi connectivity index (χ4v) is 3.67. The summed E-state index contributed by atoms with van der Waals surface area (Å²) in [5, 5.41) is 5.71. The number of hydrogen-bond donors (Lipinski definition) is 2. The molecule has 1 amide bonds. The van der Waals surface area contributed by atoms with Crippen LogP contribution >= 0.6 is 11.3 Å². The standard InChI is InChI=1S/C16H28N4OS/c1-13-6-2-4-10-20(13)11-5-3-9-18-16(21)14-12-22-15(19-14)7-8-17/h12-13H,2-11,17H2,1H3,(H,18,21). The first-order valence-electron chi connectivity index (χ1n) is 8.37. The summed E-state index contributed by atoms with van der Waals surface area (Å²) in [6.45, 7) is 6.00. The molecule has 0 aromatic carbocycles. The van der Waals surface area contributed by atoms with Crippen LogP contribution in [-0.2, 0) is 6.42 Å². The number of nitrogens with one attached hydrogen (secondary N) is 1. The lowest BCUT2D eigenvalue weighted by molar-refractivity contribution is 0.0947. The van der Waals surface area contributed by atoms with Gasteiger partial charge in [-0.25, -0.2) is 4.98 Å². The Morgan fingerprint density at radius 1 is 1.50 bits per heavy atom. The number of likely N-dealkylation sites (tertiary alicyclic amines) is 1. The van der Waals surface area contributed by atoms with E-state index in [0.717, 1.165) is 43.4 Å². The molecule has 1 saturated heterocycles. The maximum absolute atomic E-state index is 12.0. The second-order valence-electron chi connectivity index (χ2n) is 6.01. The van der Waals surface area contributed by atoms with Crippen molar-refractivity contribution in [3.05, 3.63) is 16.1 Å². The molecule has 1 aromatic rings. The molecule has 1 unspecified atom stereocenters. The smallest absolute Gasteiger partial charge is 0.270 e. The van der Waals surface area contributed by atoms with Gasteiger partial charge in [-0.15, -0.1) is 11.3 Å². The Hall–Kier alpha value is -0.980.